The summed E-state index contributed by atoms with van der Waals surface area (Å²) in [7, 11) is 0. The zero-order valence-corrected chi connectivity index (χ0v) is 10.9. The summed E-state index contributed by atoms with van der Waals surface area (Å²) in [6, 6.07) is 2.86. The van der Waals surface area contributed by atoms with Crippen molar-refractivity contribution in [1.82, 2.24) is 14.8 Å². The van der Waals surface area contributed by atoms with Gasteiger partial charge in [0.1, 0.15) is 5.82 Å². The summed E-state index contributed by atoms with van der Waals surface area (Å²) < 4.78 is 14.3. The number of aromatic nitrogens is 3. The molecule has 0 amide bonds. The van der Waals surface area contributed by atoms with Crippen LogP contribution in [0.1, 0.15) is 18.4 Å². The summed E-state index contributed by atoms with van der Waals surface area (Å²) in [5.74, 6) is 0.314. The van der Waals surface area contributed by atoms with Crippen molar-refractivity contribution in [3.8, 4) is 0 Å². The lowest BCUT2D eigenvalue weighted by molar-refractivity contribution is 0.603. The molecule has 1 saturated carbocycles. The summed E-state index contributed by atoms with van der Waals surface area (Å²) in [4.78, 5) is 15.7. The van der Waals surface area contributed by atoms with Gasteiger partial charge in [-0.05, 0) is 30.4 Å². The fraction of sp³-hybridized carbons (Fsp3) is 0.357. The smallest absolute Gasteiger partial charge is 0.269 e. The number of pyridine rings is 1. The van der Waals surface area contributed by atoms with Crippen molar-refractivity contribution in [2.24, 2.45) is 5.92 Å². The van der Waals surface area contributed by atoms with Crippen LogP contribution in [0.3, 0.4) is 0 Å². The predicted molar refractivity (Wildman–Crippen MR) is 73.0 cm³/mol. The third kappa shape index (κ3) is 3.20. The molecule has 2 aromatic heterocycles. The fourth-order valence-electron chi connectivity index (χ4n) is 1.95. The second-order valence-corrected chi connectivity index (χ2v) is 5.08. The van der Waals surface area contributed by atoms with E-state index >= 15 is 0 Å². The lowest BCUT2D eigenvalue weighted by Crippen LogP contribution is -2.23. The molecular formula is C14H15FN4O. The highest BCUT2D eigenvalue weighted by Crippen LogP contribution is 2.28. The Balaban J connectivity index is 1.71. The van der Waals surface area contributed by atoms with Gasteiger partial charge >= 0.3 is 0 Å². The summed E-state index contributed by atoms with van der Waals surface area (Å²) in [6.07, 6.45) is 6.78. The quantitative estimate of drug-likeness (QED) is 0.900. The molecule has 0 atom stereocenters. The van der Waals surface area contributed by atoms with E-state index in [2.05, 4.69) is 15.4 Å². The van der Waals surface area contributed by atoms with Crippen LogP contribution < -0.4 is 10.9 Å². The van der Waals surface area contributed by atoms with Gasteiger partial charge in [-0.1, -0.05) is 0 Å². The fourth-order valence-corrected chi connectivity index (χ4v) is 1.95. The van der Waals surface area contributed by atoms with E-state index in [1.165, 1.54) is 35.9 Å². The van der Waals surface area contributed by atoms with Crippen LogP contribution in [-0.4, -0.2) is 21.3 Å². The molecule has 0 aliphatic heterocycles. The van der Waals surface area contributed by atoms with Gasteiger partial charge in [0.25, 0.3) is 5.56 Å². The van der Waals surface area contributed by atoms with E-state index < -0.39 is 5.82 Å². The van der Waals surface area contributed by atoms with Gasteiger partial charge in [-0.25, -0.2) is 9.07 Å². The Morgan fingerprint density at radius 1 is 1.30 bits per heavy atom. The summed E-state index contributed by atoms with van der Waals surface area (Å²) >= 11 is 0. The number of halogens is 1. The number of hydrogen-bond donors (Lipinski definition) is 1. The predicted octanol–water partition coefficient (Wildman–Crippen LogP) is 1.65. The minimum atomic E-state index is -0.418. The normalized spacial score (nSPS) is 14.2. The molecular weight excluding hydrogens is 259 g/mol. The number of hydrogen-bond acceptors (Lipinski definition) is 4. The van der Waals surface area contributed by atoms with Gasteiger partial charge in [0.2, 0.25) is 0 Å². The lowest BCUT2D eigenvalue weighted by atomic mass is 10.3. The monoisotopic (exact) mass is 274 g/mol. The van der Waals surface area contributed by atoms with Crippen molar-refractivity contribution in [3.05, 3.63) is 52.5 Å². The maximum absolute atomic E-state index is 13.0. The Hall–Kier alpha value is -2.24. The van der Waals surface area contributed by atoms with Gasteiger partial charge in [-0.15, -0.1) is 0 Å². The Kier molecular flexibility index (Phi) is 3.45. The Bertz CT molecular complexity index is 666. The highest BCUT2D eigenvalue weighted by Gasteiger charge is 2.20. The first-order valence-corrected chi connectivity index (χ1v) is 6.61. The molecule has 1 N–H and O–H groups in total. The molecule has 0 saturated heterocycles. The summed E-state index contributed by atoms with van der Waals surface area (Å²) in [6.45, 7) is 1.10. The van der Waals surface area contributed by atoms with E-state index in [4.69, 9.17) is 0 Å². The Morgan fingerprint density at radius 2 is 2.15 bits per heavy atom. The first-order valence-electron chi connectivity index (χ1n) is 6.61. The highest BCUT2D eigenvalue weighted by atomic mass is 19.1. The van der Waals surface area contributed by atoms with E-state index in [0.717, 1.165) is 24.3 Å². The van der Waals surface area contributed by atoms with Crippen LogP contribution in [0, 0.1) is 11.7 Å². The standard InChI is InChI=1S/C14H15FN4O/c15-12-3-11(5-16-7-12)9-19-14(20)4-13(8-18-19)17-6-10-1-2-10/h3-5,7-8,10,17H,1-2,6,9H2. The topological polar surface area (TPSA) is 59.8 Å². The minimum Gasteiger partial charge on any atom is -0.383 e. The molecule has 0 spiro atoms. The largest absolute Gasteiger partial charge is 0.383 e. The second kappa shape index (κ2) is 5.40. The minimum absolute atomic E-state index is 0.213. The Morgan fingerprint density at radius 3 is 2.85 bits per heavy atom. The van der Waals surface area contributed by atoms with Crippen LogP contribution in [0.5, 0.6) is 0 Å². The van der Waals surface area contributed by atoms with Gasteiger partial charge in [0, 0.05) is 18.8 Å². The van der Waals surface area contributed by atoms with Crippen molar-refractivity contribution in [1.29, 1.82) is 0 Å². The molecule has 6 heteroatoms. The molecule has 0 unspecified atom stereocenters. The maximum Gasteiger partial charge on any atom is 0.269 e. The zero-order chi connectivity index (χ0) is 13.9. The first-order chi connectivity index (χ1) is 9.70. The van der Waals surface area contributed by atoms with Crippen LogP contribution in [-0.2, 0) is 6.54 Å². The average Bonchev–Trinajstić information content (AvgIpc) is 3.23. The summed E-state index contributed by atoms with van der Waals surface area (Å²) in [5.41, 5.74) is 1.13. The molecule has 3 rings (SSSR count). The van der Waals surface area contributed by atoms with Gasteiger partial charge < -0.3 is 5.32 Å². The van der Waals surface area contributed by atoms with Crippen molar-refractivity contribution in [3.63, 3.8) is 0 Å². The third-order valence-corrected chi connectivity index (χ3v) is 3.26. The van der Waals surface area contributed by atoms with E-state index in [1.54, 1.807) is 6.20 Å². The van der Waals surface area contributed by atoms with Crippen LogP contribution >= 0.6 is 0 Å². The average molecular weight is 274 g/mol. The van der Waals surface area contributed by atoms with E-state index in [9.17, 15) is 9.18 Å². The summed E-state index contributed by atoms with van der Waals surface area (Å²) in [5, 5.41) is 7.29. The lowest BCUT2D eigenvalue weighted by Gasteiger charge is -2.07. The van der Waals surface area contributed by atoms with Gasteiger partial charge in [-0.3, -0.25) is 9.78 Å². The molecule has 1 aliphatic rings. The van der Waals surface area contributed by atoms with Gasteiger partial charge in [-0.2, -0.15) is 5.10 Å². The van der Waals surface area contributed by atoms with Crippen LogP contribution in [0.15, 0.2) is 35.5 Å². The van der Waals surface area contributed by atoms with Crippen LogP contribution in [0.4, 0.5) is 10.1 Å². The maximum atomic E-state index is 13.0. The van der Waals surface area contributed by atoms with E-state index in [1.807, 2.05) is 0 Å². The second-order valence-electron chi connectivity index (χ2n) is 5.08. The molecule has 2 heterocycles. The number of nitrogens with one attached hydrogen (secondary N) is 1. The van der Waals surface area contributed by atoms with Crippen molar-refractivity contribution >= 4 is 5.69 Å². The zero-order valence-electron chi connectivity index (χ0n) is 10.9. The van der Waals surface area contributed by atoms with Gasteiger partial charge in [0.05, 0.1) is 24.6 Å². The molecule has 1 fully saturated rings. The number of nitrogens with zero attached hydrogens (tertiary/aromatic N) is 3. The molecule has 2 aromatic rings. The van der Waals surface area contributed by atoms with Crippen molar-refractivity contribution < 1.29 is 4.39 Å². The molecule has 0 radical (unpaired) electrons. The van der Waals surface area contributed by atoms with Gasteiger partial charge in [0.15, 0.2) is 0 Å². The molecule has 5 nitrogen and oxygen atoms in total. The number of anilines is 1. The Labute approximate surface area is 115 Å². The SMILES string of the molecule is O=c1cc(NCC2CC2)cnn1Cc1cncc(F)c1. The van der Waals surface area contributed by atoms with Crippen LogP contribution in [0.2, 0.25) is 0 Å². The molecule has 104 valence electrons. The molecule has 20 heavy (non-hydrogen) atoms. The molecule has 0 aromatic carbocycles. The molecule has 0 bridgehead atoms. The van der Waals surface area contributed by atoms with Crippen molar-refractivity contribution in [2.45, 2.75) is 19.4 Å². The third-order valence-electron chi connectivity index (χ3n) is 3.26. The number of rotatable bonds is 5. The van der Waals surface area contributed by atoms with Crippen LogP contribution in [0.25, 0.3) is 0 Å². The van der Waals surface area contributed by atoms with E-state index in [0.29, 0.717) is 5.56 Å². The van der Waals surface area contributed by atoms with E-state index in [-0.39, 0.29) is 12.1 Å². The molecule has 1 aliphatic carbocycles. The first kappa shape index (κ1) is 12.8. The van der Waals surface area contributed by atoms with Crippen molar-refractivity contribution in [2.75, 3.05) is 11.9 Å². The highest BCUT2D eigenvalue weighted by molar-refractivity contribution is 5.39.